The van der Waals surface area contributed by atoms with Crippen LogP contribution in [0.3, 0.4) is 0 Å². The average molecular weight is 443 g/mol. The number of ether oxygens (including phenoxy) is 2. The van der Waals surface area contributed by atoms with Gasteiger partial charge in [0.1, 0.15) is 0 Å². The molecule has 0 unspecified atom stereocenters. The number of carbonyl (C=O) groups excluding carboxylic acids is 2. The molecule has 0 fully saturated rings. The van der Waals surface area contributed by atoms with Crippen molar-refractivity contribution < 1.29 is 19.1 Å². The van der Waals surface area contributed by atoms with E-state index in [2.05, 4.69) is 5.32 Å². The van der Waals surface area contributed by atoms with Crippen LogP contribution in [-0.2, 0) is 17.8 Å². The molecule has 0 saturated heterocycles. The molecule has 0 saturated carbocycles. The third-order valence-corrected chi connectivity index (χ3v) is 5.63. The van der Waals surface area contributed by atoms with Gasteiger partial charge in [-0.25, -0.2) is 0 Å². The zero-order valence-corrected chi connectivity index (χ0v) is 18.7. The molecule has 0 aromatic heterocycles. The standard InChI is InChI=1S/C27H26N2O4/c1-32-24-12-8-19(16-25(24)33-2)9-13-26(30)28-23-11-10-20-14-15-29(18-22(20)17-23)27(31)21-6-4-3-5-7-21/h3-13,16-17H,14-15,18H2,1-2H3,(H,28,30). The van der Waals surface area contributed by atoms with Crippen LogP contribution >= 0.6 is 0 Å². The van der Waals surface area contributed by atoms with Gasteiger partial charge in [-0.15, -0.1) is 0 Å². The monoisotopic (exact) mass is 442 g/mol. The SMILES string of the molecule is COc1ccc(C=CC(=O)Nc2ccc3c(c2)CN(C(=O)c2ccccc2)CC3)cc1OC. The molecule has 2 amide bonds. The number of rotatable bonds is 6. The van der Waals surface area contributed by atoms with Crippen molar-refractivity contribution >= 4 is 23.6 Å². The number of nitrogens with zero attached hydrogens (tertiary/aromatic N) is 1. The van der Waals surface area contributed by atoms with Gasteiger partial charge in [-0.1, -0.05) is 30.3 Å². The summed E-state index contributed by atoms with van der Waals surface area (Å²) >= 11 is 0. The minimum Gasteiger partial charge on any atom is -0.493 e. The van der Waals surface area contributed by atoms with Gasteiger partial charge in [0.25, 0.3) is 5.91 Å². The van der Waals surface area contributed by atoms with Crippen LogP contribution in [0.25, 0.3) is 6.08 Å². The van der Waals surface area contributed by atoms with Gasteiger partial charge in [0.15, 0.2) is 11.5 Å². The summed E-state index contributed by atoms with van der Waals surface area (Å²) in [5.74, 6) is 1.02. The van der Waals surface area contributed by atoms with E-state index in [-0.39, 0.29) is 11.8 Å². The van der Waals surface area contributed by atoms with Gasteiger partial charge in [-0.3, -0.25) is 9.59 Å². The quantitative estimate of drug-likeness (QED) is 0.569. The molecule has 4 rings (SSSR count). The first-order valence-electron chi connectivity index (χ1n) is 10.7. The number of nitrogens with one attached hydrogen (secondary N) is 1. The molecular formula is C27H26N2O4. The highest BCUT2D eigenvalue weighted by Gasteiger charge is 2.22. The normalized spacial score (nSPS) is 12.8. The summed E-state index contributed by atoms with van der Waals surface area (Å²) in [7, 11) is 3.15. The fourth-order valence-electron chi connectivity index (χ4n) is 3.88. The Hall–Kier alpha value is -4.06. The zero-order valence-electron chi connectivity index (χ0n) is 18.7. The minimum absolute atomic E-state index is 0.0218. The third-order valence-electron chi connectivity index (χ3n) is 5.63. The summed E-state index contributed by atoms with van der Waals surface area (Å²) in [5.41, 5.74) is 4.46. The predicted molar refractivity (Wildman–Crippen MR) is 129 cm³/mol. The predicted octanol–water partition coefficient (Wildman–Crippen LogP) is 4.55. The second-order valence-electron chi connectivity index (χ2n) is 7.76. The number of hydrogen-bond acceptors (Lipinski definition) is 4. The molecule has 6 heteroatoms. The summed E-state index contributed by atoms with van der Waals surface area (Å²) in [4.78, 5) is 27.1. The van der Waals surface area contributed by atoms with Crippen molar-refractivity contribution in [2.24, 2.45) is 0 Å². The van der Waals surface area contributed by atoms with E-state index in [1.807, 2.05) is 59.5 Å². The number of hydrogen-bond donors (Lipinski definition) is 1. The van der Waals surface area contributed by atoms with Gasteiger partial charge in [0, 0.05) is 30.4 Å². The van der Waals surface area contributed by atoms with Crippen molar-refractivity contribution in [1.82, 2.24) is 4.90 Å². The maximum Gasteiger partial charge on any atom is 0.254 e. The van der Waals surface area contributed by atoms with Gasteiger partial charge < -0.3 is 19.7 Å². The van der Waals surface area contributed by atoms with Gasteiger partial charge in [0.05, 0.1) is 14.2 Å². The largest absolute Gasteiger partial charge is 0.493 e. The van der Waals surface area contributed by atoms with Crippen LogP contribution in [0.2, 0.25) is 0 Å². The van der Waals surface area contributed by atoms with E-state index in [1.165, 1.54) is 11.6 Å². The van der Waals surface area contributed by atoms with Crippen LogP contribution < -0.4 is 14.8 Å². The van der Waals surface area contributed by atoms with E-state index < -0.39 is 0 Å². The summed E-state index contributed by atoms with van der Waals surface area (Å²) in [6, 6.07) is 20.6. The van der Waals surface area contributed by atoms with Crippen LogP contribution in [0.5, 0.6) is 11.5 Å². The van der Waals surface area contributed by atoms with Crippen LogP contribution in [0.1, 0.15) is 27.0 Å². The van der Waals surface area contributed by atoms with Gasteiger partial charge in [-0.05, 0) is 65.6 Å². The number of anilines is 1. The number of carbonyl (C=O) groups is 2. The Balaban J connectivity index is 1.42. The molecule has 1 N–H and O–H groups in total. The second kappa shape index (κ2) is 10.0. The van der Waals surface area contributed by atoms with Crippen molar-refractivity contribution in [3.8, 4) is 11.5 Å². The number of benzene rings is 3. The zero-order chi connectivity index (χ0) is 23.2. The van der Waals surface area contributed by atoms with Gasteiger partial charge in [-0.2, -0.15) is 0 Å². The molecule has 1 aliphatic rings. The topological polar surface area (TPSA) is 67.9 Å². The fraction of sp³-hybridized carbons (Fsp3) is 0.185. The highest BCUT2D eigenvalue weighted by molar-refractivity contribution is 6.02. The van der Waals surface area contributed by atoms with E-state index >= 15 is 0 Å². The number of fused-ring (bicyclic) bond motifs is 1. The molecule has 0 spiro atoms. The molecular weight excluding hydrogens is 416 g/mol. The Kier molecular flexibility index (Phi) is 6.74. The van der Waals surface area contributed by atoms with Crippen LogP contribution in [-0.4, -0.2) is 37.5 Å². The van der Waals surface area contributed by atoms with E-state index in [0.717, 1.165) is 17.5 Å². The van der Waals surface area contributed by atoms with Crippen molar-refractivity contribution in [3.05, 3.63) is 95.1 Å². The van der Waals surface area contributed by atoms with Crippen molar-refractivity contribution in [2.45, 2.75) is 13.0 Å². The lowest BCUT2D eigenvalue weighted by molar-refractivity contribution is -0.111. The summed E-state index contributed by atoms with van der Waals surface area (Å²) in [6.45, 7) is 1.20. The summed E-state index contributed by atoms with van der Waals surface area (Å²) < 4.78 is 10.5. The van der Waals surface area contributed by atoms with E-state index in [1.54, 1.807) is 32.4 Å². The third kappa shape index (κ3) is 5.23. The molecule has 3 aromatic rings. The Labute approximate surface area is 193 Å². The Morgan fingerprint density at radius 3 is 2.45 bits per heavy atom. The maximum absolute atomic E-state index is 12.8. The molecule has 0 bridgehead atoms. The van der Waals surface area contributed by atoms with Crippen molar-refractivity contribution in [2.75, 3.05) is 26.1 Å². The van der Waals surface area contributed by atoms with Crippen LogP contribution in [0.4, 0.5) is 5.69 Å². The average Bonchev–Trinajstić information content (AvgIpc) is 2.86. The molecule has 6 nitrogen and oxygen atoms in total. The Bertz CT molecular complexity index is 1190. The Morgan fingerprint density at radius 1 is 0.909 bits per heavy atom. The lowest BCUT2D eigenvalue weighted by Gasteiger charge is -2.29. The first kappa shape index (κ1) is 22.1. The fourth-order valence-corrected chi connectivity index (χ4v) is 3.88. The van der Waals surface area contributed by atoms with Crippen molar-refractivity contribution in [3.63, 3.8) is 0 Å². The maximum atomic E-state index is 12.8. The molecule has 0 atom stereocenters. The lowest BCUT2D eigenvalue weighted by Crippen LogP contribution is -2.36. The van der Waals surface area contributed by atoms with E-state index in [4.69, 9.17) is 9.47 Å². The summed E-state index contributed by atoms with van der Waals surface area (Å²) in [6.07, 6.45) is 3.99. The van der Waals surface area contributed by atoms with Gasteiger partial charge >= 0.3 is 0 Å². The van der Waals surface area contributed by atoms with Crippen molar-refractivity contribution in [1.29, 1.82) is 0 Å². The second-order valence-corrected chi connectivity index (χ2v) is 7.76. The van der Waals surface area contributed by atoms with Crippen LogP contribution in [0.15, 0.2) is 72.8 Å². The first-order chi connectivity index (χ1) is 16.1. The molecule has 0 radical (unpaired) electrons. The molecule has 1 heterocycles. The first-order valence-corrected chi connectivity index (χ1v) is 10.7. The number of methoxy groups -OCH3 is 2. The number of amides is 2. The Morgan fingerprint density at radius 2 is 1.70 bits per heavy atom. The van der Waals surface area contributed by atoms with Crippen LogP contribution in [0, 0.1) is 0 Å². The lowest BCUT2D eigenvalue weighted by atomic mass is 9.98. The molecule has 168 valence electrons. The van der Waals surface area contributed by atoms with E-state index in [0.29, 0.717) is 35.8 Å². The van der Waals surface area contributed by atoms with Gasteiger partial charge in [0.2, 0.25) is 5.91 Å². The summed E-state index contributed by atoms with van der Waals surface area (Å²) in [5, 5.41) is 2.90. The highest BCUT2D eigenvalue weighted by Crippen LogP contribution is 2.28. The minimum atomic E-state index is -0.238. The highest BCUT2D eigenvalue weighted by atomic mass is 16.5. The molecule has 33 heavy (non-hydrogen) atoms. The molecule has 1 aliphatic heterocycles. The molecule has 3 aromatic carbocycles. The smallest absolute Gasteiger partial charge is 0.254 e. The van der Waals surface area contributed by atoms with E-state index in [9.17, 15) is 9.59 Å². The molecule has 0 aliphatic carbocycles.